The minimum absolute atomic E-state index is 0.0252. The zero-order valence-corrected chi connectivity index (χ0v) is 21.9. The van der Waals surface area contributed by atoms with Gasteiger partial charge in [0.2, 0.25) is 16.9 Å². The van der Waals surface area contributed by atoms with Gasteiger partial charge in [-0.05, 0) is 45.4 Å². The molecule has 1 saturated heterocycles. The van der Waals surface area contributed by atoms with Crippen LogP contribution in [0.5, 0.6) is 0 Å². The fraction of sp³-hybridized carbons (Fsp3) is 0.810. The van der Waals surface area contributed by atoms with E-state index in [1.54, 1.807) is 13.8 Å². The number of thioether (sulfide) groups is 1. The quantitative estimate of drug-likeness (QED) is 0.0909. The van der Waals surface area contributed by atoms with E-state index < -0.39 is 29.4 Å². The lowest BCUT2D eigenvalue weighted by Gasteiger charge is -2.26. The van der Waals surface area contributed by atoms with Gasteiger partial charge in [0.05, 0.1) is 36.6 Å². The van der Waals surface area contributed by atoms with Gasteiger partial charge < -0.3 is 15.0 Å². The summed E-state index contributed by atoms with van der Waals surface area (Å²) >= 11 is 0.941. The standard InChI is InChI=1S/C21H38N4O11S/c1-15(14-37-21(29)16(2)22-18(26)9-3-4-12-35-24(30)31)19(27)23-10-7-8-17(23)20(28)34-11-5-6-13-36-25(32)33/h15-17,30-33H,3-14H2,1-2H3,(H,22,26)/t15-,16?,17+/m1/s1. The predicted octanol–water partition coefficient (Wildman–Crippen LogP) is 0.896. The Labute approximate surface area is 219 Å². The van der Waals surface area contributed by atoms with E-state index >= 15 is 0 Å². The number of amides is 2. The number of carbonyl (C=O) groups is 4. The molecule has 0 aromatic rings. The van der Waals surface area contributed by atoms with Crippen LogP contribution in [0.1, 0.15) is 58.8 Å². The maximum absolute atomic E-state index is 12.9. The SMILES string of the molecule is CC(NC(=O)CCCCON(O)O)C(=O)SC[C@@H](C)C(=O)N1CCC[C@H]1C(=O)OCCCCON(O)O. The van der Waals surface area contributed by atoms with Crippen molar-refractivity contribution in [2.24, 2.45) is 5.92 Å². The van der Waals surface area contributed by atoms with Crippen molar-refractivity contribution < 1.29 is 54.4 Å². The van der Waals surface area contributed by atoms with E-state index in [4.69, 9.17) is 25.6 Å². The number of hydrogen-bond donors (Lipinski definition) is 5. The van der Waals surface area contributed by atoms with Gasteiger partial charge in [-0.1, -0.05) is 18.7 Å². The van der Waals surface area contributed by atoms with E-state index in [0.29, 0.717) is 45.1 Å². The minimum atomic E-state index is -0.751. The zero-order chi connectivity index (χ0) is 27.8. The smallest absolute Gasteiger partial charge is 0.328 e. The molecule has 0 aromatic carbocycles. The third kappa shape index (κ3) is 14.0. The Balaban J connectivity index is 2.34. The number of carbonyl (C=O) groups excluding carboxylic acids is 4. The lowest BCUT2D eigenvalue weighted by molar-refractivity contribution is -0.492. The summed E-state index contributed by atoms with van der Waals surface area (Å²) in [6, 6.07) is -1.43. The number of likely N-dealkylation sites (tertiary alicyclic amines) is 1. The third-order valence-electron chi connectivity index (χ3n) is 5.43. The van der Waals surface area contributed by atoms with Crippen molar-refractivity contribution in [2.45, 2.75) is 70.9 Å². The highest BCUT2D eigenvalue weighted by Crippen LogP contribution is 2.23. The number of unbranched alkanes of at least 4 members (excludes halogenated alkanes) is 2. The molecular weight excluding hydrogens is 516 g/mol. The summed E-state index contributed by atoms with van der Waals surface area (Å²) in [6.07, 6.45) is 3.02. The first-order valence-electron chi connectivity index (χ1n) is 12.1. The van der Waals surface area contributed by atoms with E-state index in [2.05, 4.69) is 15.0 Å². The number of hydrogen-bond acceptors (Lipinski definition) is 14. The van der Waals surface area contributed by atoms with Crippen LogP contribution < -0.4 is 5.32 Å². The van der Waals surface area contributed by atoms with Crippen LogP contribution in [-0.4, -0.2) is 104 Å². The van der Waals surface area contributed by atoms with E-state index in [-0.39, 0.29) is 54.3 Å². The number of ether oxygens (including phenoxy) is 1. The van der Waals surface area contributed by atoms with Crippen LogP contribution in [0.3, 0.4) is 0 Å². The molecule has 1 fully saturated rings. The summed E-state index contributed by atoms with van der Waals surface area (Å²) < 4.78 is 5.25. The molecule has 214 valence electrons. The number of esters is 1. The Morgan fingerprint density at radius 1 is 0.973 bits per heavy atom. The van der Waals surface area contributed by atoms with Crippen molar-refractivity contribution in [3.8, 4) is 0 Å². The van der Waals surface area contributed by atoms with Gasteiger partial charge in [-0.3, -0.25) is 44.9 Å². The van der Waals surface area contributed by atoms with E-state index in [9.17, 15) is 19.2 Å². The van der Waals surface area contributed by atoms with Crippen molar-refractivity contribution in [3.05, 3.63) is 0 Å². The fourth-order valence-corrected chi connectivity index (χ4v) is 4.35. The van der Waals surface area contributed by atoms with E-state index in [1.807, 2.05) is 0 Å². The van der Waals surface area contributed by atoms with Crippen LogP contribution in [0.25, 0.3) is 0 Å². The van der Waals surface area contributed by atoms with E-state index in [0.717, 1.165) is 11.8 Å². The number of nitrogens with one attached hydrogen (secondary N) is 1. The molecule has 0 radical (unpaired) electrons. The topological polar surface area (TPSA) is 199 Å². The summed E-state index contributed by atoms with van der Waals surface area (Å²) in [5.74, 6) is -1.41. The summed E-state index contributed by atoms with van der Waals surface area (Å²) in [6.45, 7) is 3.83. The van der Waals surface area contributed by atoms with Crippen molar-refractivity contribution in [1.29, 1.82) is 0 Å². The fourth-order valence-electron chi connectivity index (χ4n) is 3.49. The molecule has 1 aliphatic rings. The second-order valence-corrected chi connectivity index (χ2v) is 9.54. The predicted molar refractivity (Wildman–Crippen MR) is 126 cm³/mol. The maximum atomic E-state index is 12.9. The molecule has 1 unspecified atom stereocenters. The Kier molecular flexibility index (Phi) is 16.5. The van der Waals surface area contributed by atoms with Crippen molar-refractivity contribution in [1.82, 2.24) is 21.0 Å². The van der Waals surface area contributed by atoms with Gasteiger partial charge in [-0.25, -0.2) is 4.79 Å². The highest BCUT2D eigenvalue weighted by Gasteiger charge is 2.37. The average Bonchev–Trinajstić information content (AvgIpc) is 3.33. The van der Waals surface area contributed by atoms with Gasteiger partial charge in [-0.15, -0.1) is 0 Å². The van der Waals surface area contributed by atoms with E-state index in [1.165, 1.54) is 4.90 Å². The van der Waals surface area contributed by atoms with Gasteiger partial charge in [0, 0.05) is 24.6 Å². The monoisotopic (exact) mass is 554 g/mol. The molecule has 0 aromatic heterocycles. The van der Waals surface area contributed by atoms with Crippen LogP contribution in [0, 0.1) is 5.92 Å². The largest absolute Gasteiger partial charge is 0.464 e. The van der Waals surface area contributed by atoms with Gasteiger partial charge in [0.15, 0.2) is 0 Å². The minimum Gasteiger partial charge on any atom is -0.464 e. The van der Waals surface area contributed by atoms with Crippen LogP contribution in [0.4, 0.5) is 0 Å². The second kappa shape index (κ2) is 18.4. The van der Waals surface area contributed by atoms with Crippen LogP contribution >= 0.6 is 11.8 Å². The first-order valence-corrected chi connectivity index (χ1v) is 13.1. The molecule has 1 aliphatic heterocycles. The lowest BCUT2D eigenvalue weighted by atomic mass is 10.1. The third-order valence-corrected chi connectivity index (χ3v) is 6.74. The number of nitrogens with zero attached hydrogens (tertiary/aromatic N) is 3. The molecule has 15 nitrogen and oxygen atoms in total. The summed E-state index contributed by atoms with van der Waals surface area (Å²) in [4.78, 5) is 60.0. The molecule has 0 spiro atoms. The first kappa shape index (κ1) is 33.1. The lowest BCUT2D eigenvalue weighted by Crippen LogP contribution is -2.44. The van der Waals surface area contributed by atoms with Crippen molar-refractivity contribution >= 4 is 34.7 Å². The van der Waals surface area contributed by atoms with Gasteiger partial charge in [-0.2, -0.15) is 0 Å². The Morgan fingerprint density at radius 2 is 1.57 bits per heavy atom. The molecular formula is C21H38N4O11S. The second-order valence-electron chi connectivity index (χ2n) is 8.51. The van der Waals surface area contributed by atoms with Crippen LogP contribution in [0.15, 0.2) is 0 Å². The molecule has 1 rings (SSSR count). The maximum Gasteiger partial charge on any atom is 0.328 e. The molecule has 2 amide bonds. The van der Waals surface area contributed by atoms with Gasteiger partial charge in [0.25, 0.3) is 0 Å². The summed E-state index contributed by atoms with van der Waals surface area (Å²) in [7, 11) is 0. The average molecular weight is 555 g/mol. The van der Waals surface area contributed by atoms with Crippen LogP contribution in [-0.2, 0) is 33.6 Å². The summed E-state index contributed by atoms with van der Waals surface area (Å²) in [5, 5.41) is 35.2. The van der Waals surface area contributed by atoms with Crippen molar-refractivity contribution in [2.75, 3.05) is 32.1 Å². The van der Waals surface area contributed by atoms with Crippen molar-refractivity contribution in [3.63, 3.8) is 0 Å². The Morgan fingerprint density at radius 3 is 2.19 bits per heavy atom. The highest BCUT2D eigenvalue weighted by molar-refractivity contribution is 8.13. The molecule has 0 saturated carbocycles. The van der Waals surface area contributed by atoms with Gasteiger partial charge in [0.1, 0.15) is 6.04 Å². The zero-order valence-electron chi connectivity index (χ0n) is 21.1. The molecule has 16 heteroatoms. The molecule has 5 N–H and O–H groups in total. The highest BCUT2D eigenvalue weighted by atomic mass is 32.2. The normalized spacial score (nSPS) is 17.2. The summed E-state index contributed by atoms with van der Waals surface area (Å²) in [5.41, 5.74) is 0. The van der Waals surface area contributed by atoms with Crippen LogP contribution in [0.2, 0.25) is 0 Å². The molecule has 3 atom stereocenters. The Bertz CT molecular complexity index is 729. The molecule has 37 heavy (non-hydrogen) atoms. The molecule has 0 bridgehead atoms. The Hall–Kier alpha value is -1.89. The number of rotatable bonds is 18. The first-order chi connectivity index (χ1) is 17.5. The molecule has 0 aliphatic carbocycles. The molecule has 1 heterocycles. The van der Waals surface area contributed by atoms with Gasteiger partial charge >= 0.3 is 5.97 Å².